The van der Waals surface area contributed by atoms with E-state index >= 15 is 0 Å². The lowest BCUT2D eigenvalue weighted by molar-refractivity contribution is -0.117. The summed E-state index contributed by atoms with van der Waals surface area (Å²) in [6.07, 6.45) is 7.78. The predicted octanol–water partition coefficient (Wildman–Crippen LogP) is 3.20. The number of hydrogen-bond donors (Lipinski definition) is 1. The molecule has 0 spiro atoms. The van der Waals surface area contributed by atoms with Gasteiger partial charge in [0.25, 0.3) is 5.91 Å². The molecule has 0 saturated carbocycles. The molecule has 3 aromatic rings. The Morgan fingerprint density at radius 1 is 1.10 bits per heavy atom. The van der Waals surface area contributed by atoms with Crippen molar-refractivity contribution in [3.8, 4) is 5.82 Å². The van der Waals surface area contributed by atoms with Crippen LogP contribution in [0.2, 0.25) is 0 Å². The van der Waals surface area contributed by atoms with Crippen molar-refractivity contribution < 1.29 is 9.59 Å². The molecule has 0 radical (unpaired) electrons. The summed E-state index contributed by atoms with van der Waals surface area (Å²) in [7, 11) is 0. The van der Waals surface area contributed by atoms with E-state index in [1.54, 1.807) is 23.2 Å². The second kappa shape index (κ2) is 7.74. The normalized spacial score (nSPS) is 18.3. The molecule has 5 rings (SSSR count). The smallest absolute Gasteiger partial charge is 0.251 e. The number of carbonyl (C=O) groups is 2. The standard InChI is InChI=1S/C23H23N5O2/c29-22-11-5-13-27(22)17-7-3-6-16(14-17)23(30)26-19-8-4-9-20-18(19)15-25-28(20)21-10-1-2-12-24-21/h1-3,6-7,10,12,14-15,19H,4-5,8-9,11,13H2,(H,26,30)/t19-/m0/s1. The van der Waals surface area contributed by atoms with E-state index in [0.29, 0.717) is 18.5 Å². The Bertz CT molecular complexity index is 1090. The van der Waals surface area contributed by atoms with Gasteiger partial charge in [0.1, 0.15) is 0 Å². The van der Waals surface area contributed by atoms with Crippen molar-refractivity contribution in [1.29, 1.82) is 0 Å². The first-order chi connectivity index (χ1) is 14.7. The van der Waals surface area contributed by atoms with Crippen LogP contribution >= 0.6 is 0 Å². The Hall–Kier alpha value is -3.48. The zero-order valence-electron chi connectivity index (χ0n) is 16.6. The van der Waals surface area contributed by atoms with Crippen molar-refractivity contribution in [2.24, 2.45) is 0 Å². The minimum absolute atomic E-state index is 0.0872. The fraction of sp³-hybridized carbons (Fsp3) is 0.304. The maximum Gasteiger partial charge on any atom is 0.251 e. The van der Waals surface area contributed by atoms with Gasteiger partial charge in [-0.3, -0.25) is 9.59 Å². The van der Waals surface area contributed by atoms with Crippen molar-refractivity contribution >= 4 is 17.5 Å². The fourth-order valence-corrected chi connectivity index (χ4v) is 4.36. The number of carbonyl (C=O) groups excluding carboxylic acids is 2. The van der Waals surface area contributed by atoms with E-state index in [1.165, 1.54) is 0 Å². The average molecular weight is 401 g/mol. The number of fused-ring (bicyclic) bond motifs is 1. The lowest BCUT2D eigenvalue weighted by Crippen LogP contribution is -2.31. The van der Waals surface area contributed by atoms with E-state index in [-0.39, 0.29) is 17.9 Å². The zero-order chi connectivity index (χ0) is 20.5. The van der Waals surface area contributed by atoms with Crippen molar-refractivity contribution in [3.63, 3.8) is 0 Å². The molecule has 2 aliphatic rings. The first-order valence-corrected chi connectivity index (χ1v) is 10.4. The molecule has 0 bridgehead atoms. The molecule has 30 heavy (non-hydrogen) atoms. The van der Waals surface area contributed by atoms with Gasteiger partial charge in [-0.25, -0.2) is 9.67 Å². The third-order valence-corrected chi connectivity index (χ3v) is 5.85. The summed E-state index contributed by atoms with van der Waals surface area (Å²) in [5.74, 6) is 0.770. The van der Waals surface area contributed by atoms with E-state index in [2.05, 4.69) is 15.4 Å². The maximum atomic E-state index is 13.0. The van der Waals surface area contributed by atoms with Crippen molar-refractivity contribution in [1.82, 2.24) is 20.1 Å². The van der Waals surface area contributed by atoms with Gasteiger partial charge in [0, 0.05) is 36.0 Å². The molecular weight excluding hydrogens is 378 g/mol. The molecule has 0 unspecified atom stereocenters. The summed E-state index contributed by atoms with van der Waals surface area (Å²) in [6, 6.07) is 13.0. The van der Waals surface area contributed by atoms with Gasteiger partial charge >= 0.3 is 0 Å². The molecule has 1 fully saturated rings. The Labute approximate surface area is 174 Å². The van der Waals surface area contributed by atoms with Crippen LogP contribution in [0.3, 0.4) is 0 Å². The number of nitrogens with zero attached hydrogens (tertiary/aromatic N) is 4. The molecule has 7 nitrogen and oxygen atoms in total. The molecule has 2 aromatic heterocycles. The number of pyridine rings is 1. The summed E-state index contributed by atoms with van der Waals surface area (Å²) in [5.41, 5.74) is 3.50. The molecule has 2 amide bonds. The summed E-state index contributed by atoms with van der Waals surface area (Å²) >= 11 is 0. The second-order valence-electron chi connectivity index (χ2n) is 7.76. The van der Waals surface area contributed by atoms with E-state index in [9.17, 15) is 9.59 Å². The van der Waals surface area contributed by atoms with Crippen LogP contribution in [0.25, 0.3) is 5.82 Å². The highest BCUT2D eigenvalue weighted by atomic mass is 16.2. The summed E-state index contributed by atoms with van der Waals surface area (Å²) in [5, 5.41) is 7.70. The van der Waals surface area contributed by atoms with E-state index in [4.69, 9.17) is 0 Å². The third kappa shape index (κ3) is 3.36. The van der Waals surface area contributed by atoms with Gasteiger partial charge in [-0.2, -0.15) is 5.10 Å². The Morgan fingerprint density at radius 3 is 2.83 bits per heavy atom. The maximum absolute atomic E-state index is 13.0. The lowest BCUT2D eigenvalue weighted by atomic mass is 9.92. The number of benzene rings is 1. The quantitative estimate of drug-likeness (QED) is 0.728. The molecule has 1 atom stereocenters. The third-order valence-electron chi connectivity index (χ3n) is 5.85. The monoisotopic (exact) mass is 401 g/mol. The molecule has 1 aliphatic carbocycles. The number of anilines is 1. The van der Waals surface area contributed by atoms with Gasteiger partial charge in [-0.05, 0) is 56.0 Å². The Kier molecular flexibility index (Phi) is 4.78. The molecule has 7 heteroatoms. The van der Waals surface area contributed by atoms with Crippen LogP contribution in [-0.4, -0.2) is 33.1 Å². The Balaban J connectivity index is 1.37. The minimum atomic E-state index is -0.132. The number of nitrogens with one attached hydrogen (secondary N) is 1. The molecule has 3 heterocycles. The first-order valence-electron chi connectivity index (χ1n) is 10.4. The van der Waals surface area contributed by atoms with Crippen LogP contribution in [0.5, 0.6) is 0 Å². The van der Waals surface area contributed by atoms with Crippen molar-refractivity contribution in [2.45, 2.75) is 38.1 Å². The van der Waals surface area contributed by atoms with Gasteiger partial charge in [-0.1, -0.05) is 12.1 Å². The molecule has 152 valence electrons. The lowest BCUT2D eigenvalue weighted by Gasteiger charge is -2.24. The van der Waals surface area contributed by atoms with Crippen LogP contribution < -0.4 is 10.2 Å². The summed E-state index contributed by atoms with van der Waals surface area (Å²) in [4.78, 5) is 31.2. The highest BCUT2D eigenvalue weighted by Gasteiger charge is 2.27. The summed E-state index contributed by atoms with van der Waals surface area (Å²) < 4.78 is 1.87. The highest BCUT2D eigenvalue weighted by Crippen LogP contribution is 2.31. The number of hydrogen-bond acceptors (Lipinski definition) is 4. The first kappa shape index (κ1) is 18.5. The minimum Gasteiger partial charge on any atom is -0.345 e. The fourth-order valence-electron chi connectivity index (χ4n) is 4.36. The predicted molar refractivity (Wildman–Crippen MR) is 113 cm³/mol. The van der Waals surface area contributed by atoms with Crippen LogP contribution in [-0.2, 0) is 11.2 Å². The number of aromatic nitrogens is 3. The second-order valence-corrected chi connectivity index (χ2v) is 7.76. The van der Waals surface area contributed by atoms with Gasteiger partial charge in [0.15, 0.2) is 5.82 Å². The van der Waals surface area contributed by atoms with Gasteiger partial charge < -0.3 is 10.2 Å². The molecule has 1 aliphatic heterocycles. The van der Waals surface area contributed by atoms with Crippen LogP contribution in [0, 0.1) is 0 Å². The van der Waals surface area contributed by atoms with Crippen molar-refractivity contribution in [2.75, 3.05) is 11.4 Å². The number of amides is 2. The van der Waals surface area contributed by atoms with Gasteiger partial charge in [-0.15, -0.1) is 0 Å². The molecule has 1 aromatic carbocycles. The van der Waals surface area contributed by atoms with Crippen LogP contribution in [0.1, 0.15) is 53.3 Å². The average Bonchev–Trinajstić information content (AvgIpc) is 3.41. The number of rotatable bonds is 4. The van der Waals surface area contributed by atoms with Gasteiger partial charge in [0.2, 0.25) is 5.91 Å². The molecular formula is C23H23N5O2. The molecule has 1 N–H and O–H groups in total. The van der Waals surface area contributed by atoms with E-state index < -0.39 is 0 Å². The molecule has 1 saturated heterocycles. The SMILES string of the molecule is O=C(N[C@H]1CCCc2c1cnn2-c1ccccn1)c1cccc(N2CCCC2=O)c1. The van der Waals surface area contributed by atoms with Gasteiger partial charge in [0.05, 0.1) is 17.9 Å². The van der Waals surface area contributed by atoms with Crippen LogP contribution in [0.15, 0.2) is 54.9 Å². The topological polar surface area (TPSA) is 80.1 Å². The van der Waals surface area contributed by atoms with E-state index in [0.717, 1.165) is 48.4 Å². The zero-order valence-corrected chi connectivity index (χ0v) is 16.6. The summed E-state index contributed by atoms with van der Waals surface area (Å²) in [6.45, 7) is 0.711. The Morgan fingerprint density at radius 2 is 2.03 bits per heavy atom. The van der Waals surface area contributed by atoms with E-state index in [1.807, 2.05) is 41.2 Å². The van der Waals surface area contributed by atoms with Crippen LogP contribution in [0.4, 0.5) is 5.69 Å². The van der Waals surface area contributed by atoms with Crippen molar-refractivity contribution in [3.05, 3.63) is 71.7 Å². The largest absolute Gasteiger partial charge is 0.345 e. The highest BCUT2D eigenvalue weighted by molar-refractivity contribution is 5.99.